The SMILES string of the molecule is COC(=O)c1ccc(-c2cn(CC(=O)Nc3nc(C)cs3)nn2)cc1. The van der Waals surface area contributed by atoms with E-state index in [4.69, 9.17) is 0 Å². The van der Waals surface area contributed by atoms with Gasteiger partial charge in [-0.05, 0) is 19.1 Å². The summed E-state index contributed by atoms with van der Waals surface area (Å²) in [4.78, 5) is 27.6. The van der Waals surface area contributed by atoms with Crippen LogP contribution >= 0.6 is 11.3 Å². The summed E-state index contributed by atoms with van der Waals surface area (Å²) in [6.07, 6.45) is 1.67. The van der Waals surface area contributed by atoms with Gasteiger partial charge < -0.3 is 10.1 Å². The summed E-state index contributed by atoms with van der Waals surface area (Å²) in [5, 5.41) is 13.1. The Kier molecular flexibility index (Phi) is 4.85. The Bertz CT molecular complexity index is 901. The van der Waals surface area contributed by atoms with Gasteiger partial charge >= 0.3 is 5.97 Å². The molecule has 3 aromatic rings. The van der Waals surface area contributed by atoms with Crippen molar-refractivity contribution in [2.24, 2.45) is 0 Å². The molecule has 0 atom stereocenters. The van der Waals surface area contributed by atoms with E-state index in [0.29, 0.717) is 16.4 Å². The zero-order valence-electron chi connectivity index (χ0n) is 13.6. The lowest BCUT2D eigenvalue weighted by Crippen LogP contribution is -2.19. The number of hydrogen-bond donors (Lipinski definition) is 1. The first-order chi connectivity index (χ1) is 12.0. The van der Waals surface area contributed by atoms with E-state index in [1.165, 1.54) is 23.1 Å². The van der Waals surface area contributed by atoms with E-state index in [9.17, 15) is 9.59 Å². The number of aromatic nitrogens is 4. The predicted molar refractivity (Wildman–Crippen MR) is 92.3 cm³/mol. The first-order valence-corrected chi connectivity index (χ1v) is 8.24. The minimum absolute atomic E-state index is 0.0336. The number of nitrogens with zero attached hydrogens (tertiary/aromatic N) is 4. The molecule has 0 saturated heterocycles. The summed E-state index contributed by atoms with van der Waals surface area (Å²) >= 11 is 1.37. The predicted octanol–water partition coefficient (Wildman–Crippen LogP) is 2.14. The Labute approximate surface area is 147 Å². The molecule has 3 rings (SSSR count). The monoisotopic (exact) mass is 357 g/mol. The van der Waals surface area contributed by atoms with E-state index >= 15 is 0 Å². The molecule has 2 heterocycles. The minimum Gasteiger partial charge on any atom is -0.465 e. The van der Waals surface area contributed by atoms with E-state index in [1.54, 1.807) is 30.5 Å². The number of rotatable bonds is 5. The molecule has 2 aromatic heterocycles. The van der Waals surface area contributed by atoms with Crippen LogP contribution in [0.25, 0.3) is 11.3 Å². The number of hydrogen-bond acceptors (Lipinski definition) is 7. The largest absolute Gasteiger partial charge is 0.465 e. The molecular formula is C16H15N5O3S. The van der Waals surface area contributed by atoms with E-state index in [-0.39, 0.29) is 12.5 Å². The maximum atomic E-state index is 12.0. The molecule has 0 unspecified atom stereocenters. The highest BCUT2D eigenvalue weighted by molar-refractivity contribution is 7.13. The summed E-state index contributed by atoms with van der Waals surface area (Å²) in [6, 6.07) is 6.80. The second-order valence-corrected chi connectivity index (χ2v) is 6.07. The third kappa shape index (κ3) is 4.07. The summed E-state index contributed by atoms with van der Waals surface area (Å²) in [6.45, 7) is 1.90. The average Bonchev–Trinajstić information content (AvgIpc) is 3.23. The third-order valence-electron chi connectivity index (χ3n) is 3.31. The van der Waals surface area contributed by atoms with Crippen LogP contribution in [-0.4, -0.2) is 39.0 Å². The van der Waals surface area contributed by atoms with Crippen LogP contribution in [0.4, 0.5) is 5.13 Å². The van der Waals surface area contributed by atoms with Gasteiger partial charge in [-0.25, -0.2) is 14.5 Å². The normalized spacial score (nSPS) is 10.5. The van der Waals surface area contributed by atoms with Gasteiger partial charge in [0.1, 0.15) is 12.2 Å². The molecule has 1 N–H and O–H groups in total. The topological polar surface area (TPSA) is 99.0 Å². The van der Waals surface area contributed by atoms with Gasteiger partial charge in [-0.2, -0.15) is 0 Å². The van der Waals surface area contributed by atoms with Crippen molar-refractivity contribution in [1.82, 2.24) is 20.0 Å². The van der Waals surface area contributed by atoms with Gasteiger partial charge in [-0.3, -0.25) is 4.79 Å². The highest BCUT2D eigenvalue weighted by atomic mass is 32.1. The molecule has 128 valence electrons. The number of esters is 1. The molecule has 8 nitrogen and oxygen atoms in total. The molecule has 0 saturated carbocycles. The van der Waals surface area contributed by atoms with E-state index < -0.39 is 5.97 Å². The Morgan fingerprint density at radius 1 is 1.28 bits per heavy atom. The summed E-state index contributed by atoms with van der Waals surface area (Å²) in [5.41, 5.74) is 2.71. The van der Waals surface area contributed by atoms with Gasteiger partial charge in [0.25, 0.3) is 0 Å². The zero-order valence-corrected chi connectivity index (χ0v) is 14.4. The second-order valence-electron chi connectivity index (χ2n) is 5.21. The van der Waals surface area contributed by atoms with E-state index in [2.05, 4.69) is 25.3 Å². The van der Waals surface area contributed by atoms with Crippen LogP contribution in [-0.2, 0) is 16.1 Å². The fraction of sp³-hybridized carbons (Fsp3) is 0.188. The molecule has 0 aliphatic rings. The molecule has 9 heteroatoms. The van der Waals surface area contributed by atoms with Crippen molar-refractivity contribution >= 4 is 28.3 Å². The first-order valence-electron chi connectivity index (χ1n) is 7.36. The van der Waals surface area contributed by atoms with Crippen molar-refractivity contribution in [3.63, 3.8) is 0 Å². The smallest absolute Gasteiger partial charge is 0.337 e. The number of aryl methyl sites for hydroxylation is 1. The molecule has 0 radical (unpaired) electrons. The van der Waals surface area contributed by atoms with Crippen molar-refractivity contribution in [2.45, 2.75) is 13.5 Å². The molecule has 0 spiro atoms. The number of ether oxygens (including phenoxy) is 1. The van der Waals surface area contributed by atoms with Crippen LogP contribution in [0, 0.1) is 6.92 Å². The quantitative estimate of drug-likeness (QED) is 0.702. The van der Waals surface area contributed by atoms with Crippen LogP contribution in [0.1, 0.15) is 16.1 Å². The molecule has 0 aliphatic carbocycles. The summed E-state index contributed by atoms with van der Waals surface area (Å²) < 4.78 is 6.10. The lowest BCUT2D eigenvalue weighted by molar-refractivity contribution is -0.116. The number of anilines is 1. The van der Waals surface area contributed by atoms with Crippen LogP contribution in [0.2, 0.25) is 0 Å². The Morgan fingerprint density at radius 2 is 2.04 bits per heavy atom. The number of carbonyl (C=O) groups excluding carboxylic acids is 2. The third-order valence-corrected chi connectivity index (χ3v) is 4.19. The minimum atomic E-state index is -0.399. The van der Waals surface area contributed by atoms with Crippen molar-refractivity contribution in [3.05, 3.63) is 47.1 Å². The van der Waals surface area contributed by atoms with Gasteiger partial charge in [0.2, 0.25) is 5.91 Å². The van der Waals surface area contributed by atoms with Gasteiger partial charge in [0.05, 0.1) is 24.6 Å². The lowest BCUT2D eigenvalue weighted by atomic mass is 10.1. The molecule has 0 fully saturated rings. The molecule has 0 aliphatic heterocycles. The molecule has 1 aromatic carbocycles. The van der Waals surface area contributed by atoms with Crippen LogP contribution in [0.15, 0.2) is 35.8 Å². The number of benzene rings is 1. The van der Waals surface area contributed by atoms with Crippen LogP contribution in [0.5, 0.6) is 0 Å². The Hall–Kier alpha value is -3.07. The van der Waals surface area contributed by atoms with E-state index in [1.807, 2.05) is 12.3 Å². The van der Waals surface area contributed by atoms with Crippen molar-refractivity contribution in [2.75, 3.05) is 12.4 Å². The van der Waals surface area contributed by atoms with Gasteiger partial charge in [0.15, 0.2) is 5.13 Å². The van der Waals surface area contributed by atoms with Gasteiger partial charge in [0, 0.05) is 10.9 Å². The van der Waals surface area contributed by atoms with Crippen LogP contribution in [0.3, 0.4) is 0 Å². The Morgan fingerprint density at radius 3 is 2.68 bits per heavy atom. The Balaban J connectivity index is 1.65. The van der Waals surface area contributed by atoms with Gasteiger partial charge in [-0.15, -0.1) is 16.4 Å². The number of carbonyl (C=O) groups is 2. The number of nitrogens with one attached hydrogen (secondary N) is 1. The molecular weight excluding hydrogens is 342 g/mol. The number of thiazole rings is 1. The van der Waals surface area contributed by atoms with Gasteiger partial charge in [-0.1, -0.05) is 17.3 Å². The summed E-state index contributed by atoms with van der Waals surface area (Å²) in [5.74, 6) is -0.629. The van der Waals surface area contributed by atoms with Crippen molar-refractivity contribution < 1.29 is 14.3 Å². The maximum absolute atomic E-state index is 12.0. The van der Waals surface area contributed by atoms with Crippen LogP contribution < -0.4 is 5.32 Å². The lowest BCUT2D eigenvalue weighted by Gasteiger charge is -2.01. The molecule has 0 bridgehead atoms. The molecule has 25 heavy (non-hydrogen) atoms. The first kappa shape index (κ1) is 16.8. The highest BCUT2D eigenvalue weighted by Crippen LogP contribution is 2.18. The fourth-order valence-corrected chi connectivity index (χ4v) is 2.82. The molecule has 1 amide bonds. The standard InChI is InChI=1S/C16H15N5O3S/c1-10-9-25-16(17-10)18-14(22)8-21-7-13(19-20-21)11-3-5-12(6-4-11)15(23)24-2/h3-7,9H,8H2,1-2H3,(H,17,18,22). The van der Waals surface area contributed by atoms with Crippen molar-refractivity contribution in [1.29, 1.82) is 0 Å². The fourth-order valence-electron chi connectivity index (χ4n) is 2.12. The number of amides is 1. The average molecular weight is 357 g/mol. The number of methoxy groups -OCH3 is 1. The van der Waals surface area contributed by atoms with E-state index in [0.717, 1.165) is 11.3 Å². The summed E-state index contributed by atoms with van der Waals surface area (Å²) in [7, 11) is 1.33. The maximum Gasteiger partial charge on any atom is 0.337 e. The second kappa shape index (κ2) is 7.22. The zero-order chi connectivity index (χ0) is 17.8. The highest BCUT2D eigenvalue weighted by Gasteiger charge is 2.10. The van der Waals surface area contributed by atoms with Crippen molar-refractivity contribution in [3.8, 4) is 11.3 Å².